The molecule has 0 radical (unpaired) electrons. The molecule has 0 spiro atoms. The minimum absolute atomic E-state index is 0.875. The van der Waals surface area contributed by atoms with Crippen LogP contribution in [0.15, 0.2) is 30.3 Å². The number of rotatable bonds is 3. The molecule has 3 heterocycles. The highest BCUT2D eigenvalue weighted by Crippen LogP contribution is 2.24. The molecule has 2 aliphatic heterocycles. The molecule has 0 bridgehead atoms. The van der Waals surface area contributed by atoms with Crippen molar-refractivity contribution >= 4 is 17.3 Å². The molecule has 25 heavy (non-hydrogen) atoms. The van der Waals surface area contributed by atoms with Gasteiger partial charge >= 0.3 is 0 Å². The van der Waals surface area contributed by atoms with E-state index in [1.165, 1.54) is 24.1 Å². The molecule has 1 aromatic carbocycles. The molecule has 0 amide bonds. The molecule has 2 aliphatic rings. The molecular weight excluding hydrogens is 310 g/mol. The first-order chi connectivity index (χ1) is 12.2. The SMILES string of the molecule is Cc1cccc(N2CCN(c3cc(N4CCCC4)nc(C)n3)CC2)c1. The van der Waals surface area contributed by atoms with Crippen LogP contribution in [0.4, 0.5) is 17.3 Å². The number of benzene rings is 1. The molecule has 0 atom stereocenters. The summed E-state index contributed by atoms with van der Waals surface area (Å²) in [7, 11) is 0. The van der Waals surface area contributed by atoms with Crippen molar-refractivity contribution in [3.05, 3.63) is 41.7 Å². The molecule has 0 N–H and O–H groups in total. The third-order valence-corrected chi connectivity index (χ3v) is 5.21. The highest BCUT2D eigenvalue weighted by Gasteiger charge is 2.21. The summed E-state index contributed by atoms with van der Waals surface area (Å²) in [5.74, 6) is 3.06. The second kappa shape index (κ2) is 6.90. The molecular formula is C20H27N5. The van der Waals surface area contributed by atoms with Crippen molar-refractivity contribution < 1.29 is 0 Å². The van der Waals surface area contributed by atoms with Crippen molar-refractivity contribution in [1.29, 1.82) is 0 Å². The first-order valence-corrected chi connectivity index (χ1v) is 9.36. The third kappa shape index (κ3) is 3.55. The van der Waals surface area contributed by atoms with Crippen LogP contribution in [0.5, 0.6) is 0 Å². The summed E-state index contributed by atoms with van der Waals surface area (Å²) in [6.45, 7) is 10.5. The fourth-order valence-electron chi connectivity index (χ4n) is 3.83. The Morgan fingerprint density at radius 2 is 1.32 bits per heavy atom. The molecule has 5 heteroatoms. The summed E-state index contributed by atoms with van der Waals surface area (Å²) >= 11 is 0. The van der Waals surface area contributed by atoms with Crippen molar-refractivity contribution in [2.45, 2.75) is 26.7 Å². The lowest BCUT2D eigenvalue weighted by molar-refractivity contribution is 0.645. The number of aromatic nitrogens is 2. The Labute approximate surface area is 150 Å². The summed E-state index contributed by atoms with van der Waals surface area (Å²) in [6.07, 6.45) is 2.54. The summed E-state index contributed by atoms with van der Waals surface area (Å²) in [5, 5.41) is 0. The molecule has 0 aliphatic carbocycles. The number of hydrogen-bond acceptors (Lipinski definition) is 5. The number of piperazine rings is 1. The maximum atomic E-state index is 4.71. The lowest BCUT2D eigenvalue weighted by Crippen LogP contribution is -2.47. The normalized spacial score (nSPS) is 18.1. The fourth-order valence-corrected chi connectivity index (χ4v) is 3.83. The Kier molecular flexibility index (Phi) is 4.47. The van der Waals surface area contributed by atoms with Crippen LogP contribution in [-0.2, 0) is 0 Å². The molecule has 132 valence electrons. The Balaban J connectivity index is 1.47. The van der Waals surface area contributed by atoms with Crippen LogP contribution in [0.25, 0.3) is 0 Å². The number of hydrogen-bond donors (Lipinski definition) is 0. The van der Waals surface area contributed by atoms with Crippen molar-refractivity contribution in [1.82, 2.24) is 9.97 Å². The zero-order chi connectivity index (χ0) is 17.2. The first-order valence-electron chi connectivity index (χ1n) is 9.36. The second-order valence-corrected chi connectivity index (χ2v) is 7.14. The molecule has 2 aromatic rings. The largest absolute Gasteiger partial charge is 0.368 e. The van der Waals surface area contributed by atoms with Gasteiger partial charge in [0.15, 0.2) is 0 Å². The Bertz CT molecular complexity index is 731. The van der Waals surface area contributed by atoms with Gasteiger partial charge in [0.1, 0.15) is 17.5 Å². The van der Waals surface area contributed by atoms with Gasteiger partial charge in [-0.25, -0.2) is 9.97 Å². The lowest BCUT2D eigenvalue weighted by atomic mass is 10.2. The van der Waals surface area contributed by atoms with E-state index in [1.807, 2.05) is 6.92 Å². The highest BCUT2D eigenvalue weighted by atomic mass is 15.3. The van der Waals surface area contributed by atoms with Crippen LogP contribution in [0.2, 0.25) is 0 Å². The van der Waals surface area contributed by atoms with Crippen LogP contribution < -0.4 is 14.7 Å². The number of nitrogens with zero attached hydrogens (tertiary/aromatic N) is 5. The Morgan fingerprint density at radius 3 is 1.96 bits per heavy atom. The summed E-state index contributed by atoms with van der Waals surface area (Å²) in [6, 6.07) is 11.0. The molecule has 0 saturated carbocycles. The van der Waals surface area contributed by atoms with Crippen molar-refractivity contribution in [2.24, 2.45) is 0 Å². The minimum atomic E-state index is 0.875. The maximum absolute atomic E-state index is 4.71. The van der Waals surface area contributed by atoms with Crippen LogP contribution in [0.3, 0.4) is 0 Å². The van der Waals surface area contributed by atoms with Gasteiger partial charge in [0, 0.05) is 51.0 Å². The molecule has 1 aromatic heterocycles. The minimum Gasteiger partial charge on any atom is -0.368 e. The zero-order valence-electron chi connectivity index (χ0n) is 15.3. The molecule has 0 unspecified atom stereocenters. The monoisotopic (exact) mass is 337 g/mol. The van der Waals surface area contributed by atoms with E-state index in [9.17, 15) is 0 Å². The van der Waals surface area contributed by atoms with E-state index in [1.54, 1.807) is 0 Å². The van der Waals surface area contributed by atoms with Gasteiger partial charge in [0.05, 0.1) is 0 Å². The van der Waals surface area contributed by atoms with Gasteiger partial charge in [-0.05, 0) is 44.4 Å². The van der Waals surface area contributed by atoms with E-state index in [4.69, 9.17) is 4.98 Å². The smallest absolute Gasteiger partial charge is 0.134 e. The van der Waals surface area contributed by atoms with E-state index in [2.05, 4.69) is 56.9 Å². The van der Waals surface area contributed by atoms with Crippen molar-refractivity contribution in [3.63, 3.8) is 0 Å². The average molecular weight is 337 g/mol. The van der Waals surface area contributed by atoms with Crippen LogP contribution >= 0.6 is 0 Å². The van der Waals surface area contributed by atoms with E-state index in [0.29, 0.717) is 0 Å². The first kappa shape index (κ1) is 16.2. The van der Waals surface area contributed by atoms with Crippen LogP contribution in [0.1, 0.15) is 24.2 Å². The quantitative estimate of drug-likeness (QED) is 0.860. The van der Waals surface area contributed by atoms with Gasteiger partial charge in [-0.3, -0.25) is 0 Å². The van der Waals surface area contributed by atoms with Gasteiger partial charge in [-0.2, -0.15) is 0 Å². The maximum Gasteiger partial charge on any atom is 0.134 e. The zero-order valence-corrected chi connectivity index (χ0v) is 15.3. The highest BCUT2D eigenvalue weighted by molar-refractivity contribution is 5.54. The number of anilines is 3. The Morgan fingerprint density at radius 1 is 0.720 bits per heavy atom. The molecule has 2 fully saturated rings. The molecule has 2 saturated heterocycles. The standard InChI is InChI=1S/C20H27N5/c1-16-6-5-7-18(14-16)23-10-12-25(13-11-23)20-15-19(21-17(2)22-20)24-8-3-4-9-24/h5-7,14-15H,3-4,8-13H2,1-2H3. The molecule has 5 nitrogen and oxygen atoms in total. The average Bonchev–Trinajstić information content (AvgIpc) is 3.16. The second-order valence-electron chi connectivity index (χ2n) is 7.14. The van der Waals surface area contributed by atoms with Gasteiger partial charge in [0.25, 0.3) is 0 Å². The van der Waals surface area contributed by atoms with Crippen LogP contribution in [0, 0.1) is 13.8 Å². The summed E-state index contributed by atoms with van der Waals surface area (Å²) < 4.78 is 0. The van der Waals surface area contributed by atoms with Gasteiger partial charge in [0.2, 0.25) is 0 Å². The summed E-state index contributed by atoms with van der Waals surface area (Å²) in [5.41, 5.74) is 2.65. The predicted molar refractivity (Wildman–Crippen MR) is 104 cm³/mol. The topological polar surface area (TPSA) is 35.5 Å². The van der Waals surface area contributed by atoms with E-state index < -0.39 is 0 Å². The predicted octanol–water partition coefficient (Wildman–Crippen LogP) is 3.02. The molecule has 4 rings (SSSR count). The summed E-state index contributed by atoms with van der Waals surface area (Å²) in [4.78, 5) is 16.6. The van der Waals surface area contributed by atoms with E-state index >= 15 is 0 Å². The Hall–Kier alpha value is -2.30. The van der Waals surface area contributed by atoms with Crippen molar-refractivity contribution in [2.75, 3.05) is 54.0 Å². The van der Waals surface area contributed by atoms with Gasteiger partial charge in [-0.15, -0.1) is 0 Å². The third-order valence-electron chi connectivity index (χ3n) is 5.21. The van der Waals surface area contributed by atoms with Gasteiger partial charge < -0.3 is 14.7 Å². The van der Waals surface area contributed by atoms with E-state index in [0.717, 1.165) is 56.7 Å². The van der Waals surface area contributed by atoms with E-state index in [-0.39, 0.29) is 0 Å². The fraction of sp³-hybridized carbons (Fsp3) is 0.500. The lowest BCUT2D eigenvalue weighted by Gasteiger charge is -2.37. The van der Waals surface area contributed by atoms with Gasteiger partial charge in [-0.1, -0.05) is 12.1 Å². The number of aryl methyl sites for hydroxylation is 2. The van der Waals surface area contributed by atoms with Crippen molar-refractivity contribution in [3.8, 4) is 0 Å². The van der Waals surface area contributed by atoms with Crippen LogP contribution in [-0.4, -0.2) is 49.2 Å².